The van der Waals surface area contributed by atoms with E-state index < -0.39 is 0 Å². The molecule has 21 heavy (non-hydrogen) atoms. The first-order valence-electron chi connectivity index (χ1n) is 8.52. The summed E-state index contributed by atoms with van der Waals surface area (Å²) < 4.78 is 7.52. The number of nitrogens with zero attached hydrogens (tertiary/aromatic N) is 2. The van der Waals surface area contributed by atoms with Crippen LogP contribution < -0.4 is 10.1 Å². The van der Waals surface area contributed by atoms with Gasteiger partial charge in [-0.3, -0.25) is 4.68 Å². The van der Waals surface area contributed by atoms with Crippen molar-refractivity contribution >= 4 is 0 Å². The van der Waals surface area contributed by atoms with Crippen molar-refractivity contribution in [3.8, 4) is 5.75 Å². The molecule has 0 aromatic carbocycles. The summed E-state index contributed by atoms with van der Waals surface area (Å²) in [4.78, 5) is 0. The van der Waals surface area contributed by atoms with Gasteiger partial charge < -0.3 is 10.1 Å². The van der Waals surface area contributed by atoms with Gasteiger partial charge in [-0.15, -0.1) is 0 Å². The second-order valence-electron chi connectivity index (χ2n) is 6.90. The topological polar surface area (TPSA) is 39.1 Å². The molecular weight excluding hydrogens is 262 g/mol. The molecule has 4 heteroatoms. The number of fused-ring (bicyclic) bond motifs is 2. The lowest BCUT2D eigenvalue weighted by Crippen LogP contribution is -2.28. The van der Waals surface area contributed by atoms with E-state index in [2.05, 4.69) is 17.3 Å². The number of rotatable bonds is 7. The average Bonchev–Trinajstić information content (AvgIpc) is 3.18. The van der Waals surface area contributed by atoms with Crippen LogP contribution in [0.25, 0.3) is 0 Å². The Balaban J connectivity index is 1.75. The van der Waals surface area contributed by atoms with Crippen molar-refractivity contribution < 1.29 is 4.74 Å². The number of hydrogen-bond acceptors (Lipinski definition) is 3. The van der Waals surface area contributed by atoms with Crippen molar-refractivity contribution in [2.24, 2.45) is 24.8 Å². The minimum atomic E-state index is 0.372. The molecule has 2 fully saturated rings. The Morgan fingerprint density at radius 2 is 2.29 bits per heavy atom. The molecule has 4 atom stereocenters. The Bertz CT molecular complexity index is 471. The second kappa shape index (κ2) is 6.39. The molecule has 0 spiro atoms. The van der Waals surface area contributed by atoms with Gasteiger partial charge >= 0.3 is 0 Å². The van der Waals surface area contributed by atoms with Gasteiger partial charge in [0.05, 0.1) is 25.0 Å². The minimum Gasteiger partial charge on any atom is -0.493 e. The van der Waals surface area contributed by atoms with Crippen LogP contribution in [0.1, 0.15) is 57.2 Å². The van der Waals surface area contributed by atoms with E-state index in [1.54, 1.807) is 7.11 Å². The van der Waals surface area contributed by atoms with E-state index in [9.17, 15) is 0 Å². The highest BCUT2D eigenvalue weighted by Gasteiger charge is 2.40. The number of hydrogen-bond donors (Lipinski definition) is 1. The van der Waals surface area contributed by atoms with Crippen molar-refractivity contribution in [2.75, 3.05) is 13.7 Å². The molecular formula is C17H29N3O. The zero-order valence-electron chi connectivity index (χ0n) is 13.6. The molecule has 2 aliphatic carbocycles. The molecule has 0 radical (unpaired) electrons. The molecule has 0 amide bonds. The zero-order valence-corrected chi connectivity index (χ0v) is 13.6. The molecule has 4 nitrogen and oxygen atoms in total. The van der Waals surface area contributed by atoms with E-state index in [0.717, 1.165) is 36.5 Å². The van der Waals surface area contributed by atoms with Gasteiger partial charge in [0.2, 0.25) is 0 Å². The largest absolute Gasteiger partial charge is 0.493 e. The summed E-state index contributed by atoms with van der Waals surface area (Å²) >= 11 is 0. The van der Waals surface area contributed by atoms with Crippen molar-refractivity contribution in [2.45, 2.75) is 51.5 Å². The fourth-order valence-electron chi connectivity index (χ4n) is 4.56. The lowest BCUT2D eigenvalue weighted by atomic mass is 9.83. The van der Waals surface area contributed by atoms with Crippen LogP contribution >= 0.6 is 0 Å². The molecule has 0 aliphatic heterocycles. The standard InChI is InChI=1S/C17H29N3O/c1-4-7-18-15(17-16(21-3)11-19-20(17)2)10-14-9-12-5-6-13(14)8-12/h11-15,18H,4-10H2,1-3H3. The van der Waals surface area contributed by atoms with E-state index >= 15 is 0 Å². The predicted molar refractivity (Wildman–Crippen MR) is 84.3 cm³/mol. The number of ether oxygens (including phenoxy) is 1. The fourth-order valence-corrected chi connectivity index (χ4v) is 4.56. The van der Waals surface area contributed by atoms with E-state index in [1.165, 1.54) is 37.8 Å². The Kier molecular flexibility index (Phi) is 4.53. The van der Waals surface area contributed by atoms with E-state index in [1.807, 2.05) is 17.9 Å². The average molecular weight is 291 g/mol. The lowest BCUT2D eigenvalue weighted by molar-refractivity contribution is 0.271. The zero-order chi connectivity index (χ0) is 14.8. The maximum atomic E-state index is 5.53. The summed E-state index contributed by atoms with van der Waals surface area (Å²) in [6.07, 6.45) is 10.1. The summed E-state index contributed by atoms with van der Waals surface area (Å²) in [5, 5.41) is 8.12. The lowest BCUT2D eigenvalue weighted by Gasteiger charge is -2.28. The Labute approximate surface area is 128 Å². The van der Waals surface area contributed by atoms with Gasteiger partial charge in [-0.2, -0.15) is 5.10 Å². The first-order chi connectivity index (χ1) is 10.2. The van der Waals surface area contributed by atoms with Crippen molar-refractivity contribution in [1.82, 2.24) is 15.1 Å². The van der Waals surface area contributed by atoms with Crippen LogP contribution in [0.2, 0.25) is 0 Å². The maximum absolute atomic E-state index is 5.53. The quantitative estimate of drug-likeness (QED) is 0.838. The number of methoxy groups -OCH3 is 1. The maximum Gasteiger partial charge on any atom is 0.161 e. The van der Waals surface area contributed by atoms with E-state index in [0.29, 0.717) is 6.04 Å². The monoisotopic (exact) mass is 291 g/mol. The molecule has 4 unspecified atom stereocenters. The third-order valence-corrected chi connectivity index (χ3v) is 5.56. The third kappa shape index (κ3) is 2.96. The molecule has 2 saturated carbocycles. The van der Waals surface area contributed by atoms with Crippen LogP contribution in [0.5, 0.6) is 5.75 Å². The van der Waals surface area contributed by atoms with Gasteiger partial charge in [0.25, 0.3) is 0 Å². The van der Waals surface area contributed by atoms with Crippen LogP contribution in [0.4, 0.5) is 0 Å². The van der Waals surface area contributed by atoms with Crippen LogP contribution in [0.15, 0.2) is 6.20 Å². The summed E-state index contributed by atoms with van der Waals surface area (Å²) in [6.45, 7) is 3.28. The molecule has 2 aliphatic rings. The first kappa shape index (κ1) is 14.9. The summed E-state index contributed by atoms with van der Waals surface area (Å²) in [5.74, 6) is 3.80. The Morgan fingerprint density at radius 1 is 1.43 bits per heavy atom. The van der Waals surface area contributed by atoms with E-state index in [4.69, 9.17) is 4.74 Å². The first-order valence-corrected chi connectivity index (χ1v) is 8.52. The van der Waals surface area contributed by atoms with E-state index in [-0.39, 0.29) is 0 Å². The van der Waals surface area contributed by atoms with Crippen LogP contribution in [0.3, 0.4) is 0 Å². The number of aromatic nitrogens is 2. The second-order valence-corrected chi connectivity index (χ2v) is 6.90. The molecule has 1 aromatic heterocycles. The SMILES string of the molecule is CCCNC(CC1CC2CCC1C2)c1c(OC)cnn1C. The van der Waals surface area contributed by atoms with Gasteiger partial charge in [0.15, 0.2) is 5.75 Å². The summed E-state index contributed by atoms with van der Waals surface area (Å²) in [5.41, 5.74) is 1.22. The van der Waals surface area contributed by atoms with Gasteiger partial charge in [-0.1, -0.05) is 13.3 Å². The Hall–Kier alpha value is -1.03. The molecule has 118 valence electrons. The minimum absolute atomic E-state index is 0.372. The highest BCUT2D eigenvalue weighted by atomic mass is 16.5. The van der Waals surface area contributed by atoms with Crippen molar-refractivity contribution in [3.05, 3.63) is 11.9 Å². The van der Waals surface area contributed by atoms with Crippen LogP contribution in [-0.2, 0) is 7.05 Å². The molecule has 2 bridgehead atoms. The predicted octanol–water partition coefficient (Wildman–Crippen LogP) is 3.30. The molecule has 1 aromatic rings. The number of aryl methyl sites for hydroxylation is 1. The fraction of sp³-hybridized carbons (Fsp3) is 0.824. The van der Waals surface area contributed by atoms with Crippen molar-refractivity contribution in [3.63, 3.8) is 0 Å². The molecule has 0 saturated heterocycles. The van der Waals surface area contributed by atoms with Gasteiger partial charge in [0, 0.05) is 7.05 Å². The third-order valence-electron chi connectivity index (χ3n) is 5.56. The van der Waals surface area contributed by atoms with Gasteiger partial charge in [-0.05, 0) is 56.4 Å². The van der Waals surface area contributed by atoms with Crippen molar-refractivity contribution in [1.29, 1.82) is 0 Å². The van der Waals surface area contributed by atoms with Crippen LogP contribution in [0, 0.1) is 17.8 Å². The summed E-state index contributed by atoms with van der Waals surface area (Å²) in [6, 6.07) is 0.372. The number of nitrogens with one attached hydrogen (secondary N) is 1. The van der Waals surface area contributed by atoms with Crippen LogP contribution in [-0.4, -0.2) is 23.4 Å². The highest BCUT2D eigenvalue weighted by Crippen LogP contribution is 2.51. The van der Waals surface area contributed by atoms with Gasteiger partial charge in [0.1, 0.15) is 0 Å². The smallest absolute Gasteiger partial charge is 0.161 e. The molecule has 1 heterocycles. The molecule has 3 rings (SSSR count). The Morgan fingerprint density at radius 3 is 2.90 bits per heavy atom. The summed E-state index contributed by atoms with van der Waals surface area (Å²) in [7, 11) is 3.77. The highest BCUT2D eigenvalue weighted by molar-refractivity contribution is 5.28. The normalized spacial score (nSPS) is 29.0. The van der Waals surface area contributed by atoms with Gasteiger partial charge in [-0.25, -0.2) is 0 Å². The molecule has 1 N–H and O–H groups in total.